The normalized spacial score (nSPS) is 23.0. The number of carbonyl (C=O) groups is 1. The zero-order chi connectivity index (χ0) is 15.2. The Bertz CT molecular complexity index is 329. The Hall–Kier alpha value is -0.400. The SMILES string of the molecule is CN(CN1CCC(O)CC1)CN1CCN(C(=O)CCl)CC1. The molecule has 0 aromatic rings. The van der Waals surface area contributed by atoms with E-state index in [2.05, 4.69) is 21.7 Å². The van der Waals surface area contributed by atoms with Gasteiger partial charge in [0.15, 0.2) is 0 Å². The number of alkyl halides is 1. The summed E-state index contributed by atoms with van der Waals surface area (Å²) in [5.41, 5.74) is 0. The van der Waals surface area contributed by atoms with E-state index in [-0.39, 0.29) is 17.9 Å². The number of piperazine rings is 1. The number of nitrogens with zero attached hydrogens (tertiary/aromatic N) is 4. The first kappa shape index (κ1) is 17.0. The third-order valence-corrected chi connectivity index (χ3v) is 4.51. The molecule has 1 N–H and O–H groups in total. The molecule has 0 saturated carbocycles. The van der Waals surface area contributed by atoms with Crippen molar-refractivity contribution in [3.63, 3.8) is 0 Å². The van der Waals surface area contributed by atoms with E-state index < -0.39 is 0 Å². The Morgan fingerprint density at radius 1 is 1.10 bits per heavy atom. The fourth-order valence-corrected chi connectivity index (χ4v) is 3.18. The van der Waals surface area contributed by atoms with Crippen LogP contribution in [0, 0.1) is 0 Å². The van der Waals surface area contributed by atoms with Gasteiger partial charge in [-0.25, -0.2) is 0 Å². The maximum absolute atomic E-state index is 11.5. The summed E-state index contributed by atoms with van der Waals surface area (Å²) in [7, 11) is 2.13. The number of hydrogen-bond acceptors (Lipinski definition) is 5. The lowest BCUT2D eigenvalue weighted by atomic mass is 10.1. The molecule has 0 radical (unpaired) electrons. The molecule has 2 saturated heterocycles. The standard InChI is InChI=1S/C14H27ClN4O2/c1-16(11-17-4-2-13(20)3-5-17)12-18-6-8-19(9-7-18)14(21)10-15/h13,20H,2-12H2,1H3. The van der Waals surface area contributed by atoms with Crippen molar-refractivity contribution in [2.75, 3.05) is 65.5 Å². The highest BCUT2D eigenvalue weighted by atomic mass is 35.5. The Balaban J connectivity index is 1.65. The highest BCUT2D eigenvalue weighted by Crippen LogP contribution is 2.10. The van der Waals surface area contributed by atoms with E-state index in [9.17, 15) is 9.90 Å². The van der Waals surface area contributed by atoms with Crippen LogP contribution in [0.3, 0.4) is 0 Å². The van der Waals surface area contributed by atoms with Crippen molar-refractivity contribution < 1.29 is 9.90 Å². The molecule has 0 aromatic carbocycles. The van der Waals surface area contributed by atoms with Gasteiger partial charge in [0.25, 0.3) is 0 Å². The summed E-state index contributed by atoms with van der Waals surface area (Å²) in [5.74, 6) is 0.123. The predicted molar refractivity (Wildman–Crippen MR) is 83.2 cm³/mol. The number of carbonyl (C=O) groups excluding carboxylic acids is 1. The number of piperidine rings is 1. The van der Waals surface area contributed by atoms with Crippen LogP contribution in [0.4, 0.5) is 0 Å². The molecular formula is C14H27ClN4O2. The van der Waals surface area contributed by atoms with Gasteiger partial charge in [-0.1, -0.05) is 0 Å². The first-order valence-electron chi connectivity index (χ1n) is 7.73. The molecule has 0 bridgehead atoms. The van der Waals surface area contributed by atoms with Crippen LogP contribution in [0.15, 0.2) is 0 Å². The van der Waals surface area contributed by atoms with Gasteiger partial charge < -0.3 is 10.0 Å². The number of halogens is 1. The molecule has 0 atom stereocenters. The molecule has 1 amide bonds. The van der Waals surface area contributed by atoms with Crippen molar-refractivity contribution in [1.29, 1.82) is 0 Å². The molecular weight excluding hydrogens is 292 g/mol. The summed E-state index contributed by atoms with van der Waals surface area (Å²) in [6, 6.07) is 0. The van der Waals surface area contributed by atoms with Gasteiger partial charge in [-0.05, 0) is 19.9 Å². The maximum atomic E-state index is 11.5. The fraction of sp³-hybridized carbons (Fsp3) is 0.929. The van der Waals surface area contributed by atoms with E-state index in [4.69, 9.17) is 11.6 Å². The molecule has 6 nitrogen and oxygen atoms in total. The molecule has 2 rings (SSSR count). The molecule has 122 valence electrons. The van der Waals surface area contributed by atoms with Crippen LogP contribution < -0.4 is 0 Å². The second-order valence-corrected chi connectivity index (χ2v) is 6.39. The number of aliphatic hydroxyl groups excluding tert-OH is 1. The lowest BCUT2D eigenvalue weighted by Crippen LogP contribution is -2.52. The van der Waals surface area contributed by atoms with Crippen molar-refractivity contribution in [1.82, 2.24) is 19.6 Å². The van der Waals surface area contributed by atoms with E-state index in [1.807, 2.05) is 4.90 Å². The minimum Gasteiger partial charge on any atom is -0.393 e. The summed E-state index contributed by atoms with van der Waals surface area (Å²) < 4.78 is 0. The second kappa shape index (κ2) is 8.29. The number of hydrogen-bond donors (Lipinski definition) is 1. The third kappa shape index (κ3) is 5.38. The smallest absolute Gasteiger partial charge is 0.237 e. The number of likely N-dealkylation sites (tertiary alicyclic amines) is 1. The Labute approximate surface area is 132 Å². The highest BCUT2D eigenvalue weighted by Gasteiger charge is 2.22. The van der Waals surface area contributed by atoms with Gasteiger partial charge in [0.2, 0.25) is 5.91 Å². The maximum Gasteiger partial charge on any atom is 0.237 e. The van der Waals surface area contributed by atoms with Crippen molar-refractivity contribution in [3.8, 4) is 0 Å². The van der Waals surface area contributed by atoms with Gasteiger partial charge in [-0.15, -0.1) is 11.6 Å². The molecule has 2 aliphatic heterocycles. The zero-order valence-electron chi connectivity index (χ0n) is 12.9. The van der Waals surface area contributed by atoms with E-state index in [0.717, 1.165) is 65.4 Å². The molecule has 21 heavy (non-hydrogen) atoms. The van der Waals surface area contributed by atoms with Crippen molar-refractivity contribution >= 4 is 17.5 Å². The molecule has 7 heteroatoms. The minimum atomic E-state index is -0.112. The molecule has 0 aromatic heterocycles. The first-order chi connectivity index (χ1) is 10.1. The minimum absolute atomic E-state index is 0.0385. The quantitative estimate of drug-likeness (QED) is 0.704. The van der Waals surface area contributed by atoms with Crippen LogP contribution >= 0.6 is 11.6 Å². The average Bonchev–Trinajstić information content (AvgIpc) is 2.49. The lowest BCUT2D eigenvalue weighted by Gasteiger charge is -2.38. The third-order valence-electron chi connectivity index (χ3n) is 4.28. The molecule has 0 unspecified atom stereocenters. The summed E-state index contributed by atoms with van der Waals surface area (Å²) in [4.78, 5) is 20.4. The molecule has 2 heterocycles. The lowest BCUT2D eigenvalue weighted by molar-refractivity contribution is -0.130. The molecule has 2 fully saturated rings. The monoisotopic (exact) mass is 318 g/mol. The number of aliphatic hydroxyl groups is 1. The largest absolute Gasteiger partial charge is 0.393 e. The van der Waals surface area contributed by atoms with Crippen LogP contribution in [0.2, 0.25) is 0 Å². The Morgan fingerprint density at radius 2 is 1.62 bits per heavy atom. The summed E-state index contributed by atoms with van der Waals surface area (Å²) >= 11 is 5.59. The van der Waals surface area contributed by atoms with Crippen molar-refractivity contribution in [3.05, 3.63) is 0 Å². The van der Waals surface area contributed by atoms with Crippen molar-refractivity contribution in [2.24, 2.45) is 0 Å². The van der Waals surface area contributed by atoms with Gasteiger partial charge in [0.05, 0.1) is 19.4 Å². The van der Waals surface area contributed by atoms with Gasteiger partial charge in [-0.3, -0.25) is 19.5 Å². The summed E-state index contributed by atoms with van der Waals surface area (Å²) in [6.45, 7) is 7.17. The Morgan fingerprint density at radius 3 is 2.14 bits per heavy atom. The van der Waals surface area contributed by atoms with Gasteiger partial charge in [0, 0.05) is 39.3 Å². The van der Waals surface area contributed by atoms with Crippen LogP contribution in [0.1, 0.15) is 12.8 Å². The molecule has 0 spiro atoms. The van der Waals surface area contributed by atoms with Crippen LogP contribution in [-0.4, -0.2) is 102 Å². The summed E-state index contributed by atoms with van der Waals surface area (Å²) in [6.07, 6.45) is 1.65. The predicted octanol–water partition coefficient (Wildman–Crippen LogP) is -0.327. The van der Waals surface area contributed by atoms with Crippen LogP contribution in [0.5, 0.6) is 0 Å². The van der Waals surface area contributed by atoms with E-state index in [1.54, 1.807) is 0 Å². The van der Waals surface area contributed by atoms with Crippen LogP contribution in [-0.2, 0) is 4.79 Å². The average molecular weight is 319 g/mol. The second-order valence-electron chi connectivity index (χ2n) is 6.12. The zero-order valence-corrected chi connectivity index (χ0v) is 13.6. The highest BCUT2D eigenvalue weighted by molar-refractivity contribution is 6.27. The van der Waals surface area contributed by atoms with Crippen LogP contribution in [0.25, 0.3) is 0 Å². The van der Waals surface area contributed by atoms with Gasteiger partial charge in [-0.2, -0.15) is 0 Å². The first-order valence-corrected chi connectivity index (χ1v) is 8.27. The van der Waals surface area contributed by atoms with E-state index in [1.165, 1.54) is 0 Å². The molecule has 0 aliphatic carbocycles. The summed E-state index contributed by atoms with van der Waals surface area (Å²) in [5, 5.41) is 9.52. The van der Waals surface area contributed by atoms with Gasteiger partial charge in [0.1, 0.15) is 5.88 Å². The van der Waals surface area contributed by atoms with E-state index >= 15 is 0 Å². The fourth-order valence-electron chi connectivity index (χ4n) is 3.01. The van der Waals surface area contributed by atoms with E-state index in [0.29, 0.717) is 0 Å². The van der Waals surface area contributed by atoms with Crippen molar-refractivity contribution in [2.45, 2.75) is 18.9 Å². The topological polar surface area (TPSA) is 50.3 Å². The van der Waals surface area contributed by atoms with Gasteiger partial charge >= 0.3 is 0 Å². The number of rotatable bonds is 5. The number of amides is 1. The molecule has 2 aliphatic rings. The Kier molecular flexibility index (Phi) is 6.70.